The summed E-state index contributed by atoms with van der Waals surface area (Å²) >= 11 is 0. The molecule has 6 nitrogen and oxygen atoms in total. The highest BCUT2D eigenvalue weighted by Crippen LogP contribution is 2.13. The molecule has 100 valence electrons. The Morgan fingerprint density at radius 3 is 2.83 bits per heavy atom. The van der Waals surface area contributed by atoms with Crippen LogP contribution in [0.4, 0.5) is 5.82 Å². The largest absolute Gasteiger partial charge is 0.389 e. The van der Waals surface area contributed by atoms with Gasteiger partial charge in [0.15, 0.2) is 0 Å². The van der Waals surface area contributed by atoms with Gasteiger partial charge >= 0.3 is 0 Å². The van der Waals surface area contributed by atoms with Gasteiger partial charge in [0.05, 0.1) is 12.7 Å². The van der Waals surface area contributed by atoms with E-state index >= 15 is 0 Å². The van der Waals surface area contributed by atoms with Crippen molar-refractivity contribution in [1.82, 2.24) is 4.98 Å². The monoisotopic (exact) mass is 252 g/mol. The third-order valence-corrected chi connectivity index (χ3v) is 2.49. The third-order valence-electron chi connectivity index (χ3n) is 2.49. The number of likely N-dealkylation sites (N-methyl/N-ethyl adjacent to an activating group) is 1. The van der Waals surface area contributed by atoms with Crippen molar-refractivity contribution in [2.24, 2.45) is 5.73 Å². The van der Waals surface area contributed by atoms with Crippen LogP contribution in [0.1, 0.15) is 11.3 Å². The van der Waals surface area contributed by atoms with Crippen LogP contribution in [0.3, 0.4) is 0 Å². The van der Waals surface area contributed by atoms with Crippen LogP contribution in [-0.2, 0) is 4.74 Å². The Kier molecular flexibility index (Phi) is 5.06. The van der Waals surface area contributed by atoms with Crippen LogP contribution in [0, 0.1) is 12.3 Å². The number of aliphatic hydroxyl groups is 1. The lowest BCUT2D eigenvalue weighted by Gasteiger charge is -2.22. The molecule has 0 saturated heterocycles. The van der Waals surface area contributed by atoms with E-state index in [4.69, 9.17) is 15.9 Å². The second kappa shape index (κ2) is 6.32. The molecule has 0 aliphatic rings. The van der Waals surface area contributed by atoms with Gasteiger partial charge in [0.25, 0.3) is 0 Å². The molecule has 0 amide bonds. The van der Waals surface area contributed by atoms with Gasteiger partial charge < -0.3 is 20.5 Å². The highest BCUT2D eigenvalue weighted by Gasteiger charge is 2.11. The van der Waals surface area contributed by atoms with Gasteiger partial charge in [-0.2, -0.15) is 0 Å². The molecule has 1 atom stereocenters. The first-order chi connectivity index (χ1) is 8.43. The molecule has 1 aromatic rings. The van der Waals surface area contributed by atoms with Gasteiger partial charge in [0.1, 0.15) is 11.7 Å². The highest BCUT2D eigenvalue weighted by molar-refractivity contribution is 5.95. The second-order valence-corrected chi connectivity index (χ2v) is 4.26. The number of nitrogen functional groups attached to an aromatic ring is 1. The molecule has 1 heterocycles. The van der Waals surface area contributed by atoms with Crippen LogP contribution in [-0.4, -0.2) is 49.3 Å². The molecule has 1 aromatic heterocycles. The summed E-state index contributed by atoms with van der Waals surface area (Å²) in [5.74, 6) is 0.683. The second-order valence-electron chi connectivity index (χ2n) is 4.26. The number of aromatic nitrogens is 1. The van der Waals surface area contributed by atoms with Gasteiger partial charge in [-0.25, -0.2) is 4.98 Å². The summed E-state index contributed by atoms with van der Waals surface area (Å²) < 4.78 is 4.87. The standard InChI is InChI=1S/C12H20N4O2/c1-8-4-9(12(13)14)5-11(15-8)16(2)6-10(17)7-18-3/h4-5,10,17H,6-7H2,1-3H3,(H3,13,14). The summed E-state index contributed by atoms with van der Waals surface area (Å²) in [6.07, 6.45) is -0.580. The smallest absolute Gasteiger partial charge is 0.129 e. The van der Waals surface area contributed by atoms with E-state index in [9.17, 15) is 5.11 Å². The first-order valence-electron chi connectivity index (χ1n) is 5.65. The fourth-order valence-corrected chi connectivity index (χ4v) is 1.66. The average Bonchev–Trinajstić information content (AvgIpc) is 2.28. The summed E-state index contributed by atoms with van der Waals surface area (Å²) in [5, 5.41) is 17.1. The van der Waals surface area contributed by atoms with E-state index in [1.807, 2.05) is 18.9 Å². The van der Waals surface area contributed by atoms with E-state index < -0.39 is 6.10 Å². The van der Waals surface area contributed by atoms with Crippen molar-refractivity contribution in [1.29, 1.82) is 5.41 Å². The quantitative estimate of drug-likeness (QED) is 0.493. The summed E-state index contributed by atoms with van der Waals surface area (Å²) in [5.41, 5.74) is 6.88. The van der Waals surface area contributed by atoms with Crippen LogP contribution in [0.2, 0.25) is 0 Å². The van der Waals surface area contributed by atoms with Crippen LogP contribution in [0.25, 0.3) is 0 Å². The number of hydrogen-bond donors (Lipinski definition) is 3. The maximum Gasteiger partial charge on any atom is 0.129 e. The van der Waals surface area contributed by atoms with E-state index in [2.05, 4.69) is 4.98 Å². The molecule has 0 saturated carbocycles. The molecule has 0 fully saturated rings. The number of nitrogens with zero attached hydrogens (tertiary/aromatic N) is 2. The predicted octanol–water partition coefficient (Wildman–Crippen LogP) is 0.118. The molecule has 1 unspecified atom stereocenters. The number of amidine groups is 1. The molecule has 0 radical (unpaired) electrons. The van der Waals surface area contributed by atoms with Gasteiger partial charge in [-0.3, -0.25) is 5.41 Å². The number of hydrogen-bond acceptors (Lipinski definition) is 5. The molecule has 0 bridgehead atoms. The first kappa shape index (κ1) is 14.4. The van der Waals surface area contributed by atoms with Crippen molar-refractivity contribution in [2.45, 2.75) is 13.0 Å². The number of rotatable bonds is 6. The first-order valence-corrected chi connectivity index (χ1v) is 5.65. The van der Waals surface area contributed by atoms with E-state index in [0.29, 0.717) is 17.9 Å². The maximum absolute atomic E-state index is 9.67. The zero-order chi connectivity index (χ0) is 13.7. The number of nitrogens with one attached hydrogen (secondary N) is 1. The van der Waals surface area contributed by atoms with Crippen molar-refractivity contribution in [2.75, 3.05) is 32.2 Å². The molecule has 1 rings (SSSR count). The zero-order valence-corrected chi connectivity index (χ0v) is 11.0. The summed E-state index contributed by atoms with van der Waals surface area (Å²) in [6.45, 7) is 2.52. The Bertz CT molecular complexity index is 423. The van der Waals surface area contributed by atoms with Crippen LogP contribution in [0.15, 0.2) is 12.1 Å². The number of ether oxygens (including phenoxy) is 1. The van der Waals surface area contributed by atoms with Crippen molar-refractivity contribution in [3.8, 4) is 0 Å². The Hall–Kier alpha value is -1.66. The molecule has 18 heavy (non-hydrogen) atoms. The van der Waals surface area contributed by atoms with E-state index in [1.54, 1.807) is 19.2 Å². The summed E-state index contributed by atoms with van der Waals surface area (Å²) in [4.78, 5) is 6.16. The minimum absolute atomic E-state index is 0.00703. The summed E-state index contributed by atoms with van der Waals surface area (Å²) in [7, 11) is 3.37. The predicted molar refractivity (Wildman–Crippen MR) is 71.1 cm³/mol. The van der Waals surface area contributed by atoms with E-state index in [0.717, 1.165) is 5.69 Å². The van der Waals surface area contributed by atoms with Crippen LogP contribution < -0.4 is 10.6 Å². The van der Waals surface area contributed by atoms with Gasteiger partial charge in [-0.1, -0.05) is 0 Å². The number of aryl methyl sites for hydroxylation is 1. The Labute approximate surface area is 107 Å². The van der Waals surface area contributed by atoms with Crippen LogP contribution >= 0.6 is 0 Å². The number of anilines is 1. The minimum Gasteiger partial charge on any atom is -0.389 e. The van der Waals surface area contributed by atoms with Crippen molar-refractivity contribution >= 4 is 11.7 Å². The number of aliphatic hydroxyl groups excluding tert-OH is 1. The molecule has 4 N–H and O–H groups in total. The molecular weight excluding hydrogens is 232 g/mol. The maximum atomic E-state index is 9.67. The average molecular weight is 252 g/mol. The van der Waals surface area contributed by atoms with Crippen molar-refractivity contribution in [3.63, 3.8) is 0 Å². The molecule has 0 aromatic carbocycles. The minimum atomic E-state index is -0.580. The fraction of sp³-hybridized carbons (Fsp3) is 0.500. The molecule has 6 heteroatoms. The Morgan fingerprint density at radius 1 is 1.61 bits per heavy atom. The number of pyridine rings is 1. The summed E-state index contributed by atoms with van der Waals surface area (Å²) in [6, 6.07) is 3.49. The van der Waals surface area contributed by atoms with Gasteiger partial charge in [0.2, 0.25) is 0 Å². The van der Waals surface area contributed by atoms with Crippen molar-refractivity contribution < 1.29 is 9.84 Å². The van der Waals surface area contributed by atoms with E-state index in [1.165, 1.54) is 0 Å². The Balaban J connectivity index is 2.85. The number of methoxy groups -OCH3 is 1. The lowest BCUT2D eigenvalue weighted by atomic mass is 10.2. The Morgan fingerprint density at radius 2 is 2.28 bits per heavy atom. The fourth-order valence-electron chi connectivity index (χ4n) is 1.66. The molecule has 0 aliphatic carbocycles. The van der Waals surface area contributed by atoms with Crippen molar-refractivity contribution in [3.05, 3.63) is 23.4 Å². The third kappa shape index (κ3) is 3.97. The molecule has 0 aliphatic heterocycles. The van der Waals surface area contributed by atoms with Gasteiger partial charge in [0, 0.05) is 32.0 Å². The van der Waals surface area contributed by atoms with Gasteiger partial charge in [-0.15, -0.1) is 0 Å². The van der Waals surface area contributed by atoms with Gasteiger partial charge in [-0.05, 0) is 19.1 Å². The topological polar surface area (TPSA) is 95.5 Å². The lowest BCUT2D eigenvalue weighted by molar-refractivity contribution is 0.0694. The van der Waals surface area contributed by atoms with E-state index in [-0.39, 0.29) is 12.4 Å². The van der Waals surface area contributed by atoms with Crippen LogP contribution in [0.5, 0.6) is 0 Å². The molecular formula is C12H20N4O2. The highest BCUT2D eigenvalue weighted by atomic mass is 16.5. The molecule has 0 spiro atoms. The normalized spacial score (nSPS) is 12.2. The lowest BCUT2D eigenvalue weighted by Crippen LogP contribution is -2.32. The SMILES string of the molecule is COCC(O)CN(C)c1cc(C(=N)N)cc(C)n1. The zero-order valence-electron chi connectivity index (χ0n) is 11.0. The number of nitrogens with two attached hydrogens (primary N) is 1.